The van der Waals surface area contributed by atoms with Crippen molar-refractivity contribution < 1.29 is 13.5 Å². The Morgan fingerprint density at radius 3 is 2.67 bits per heavy atom. The number of thioether (sulfide) groups is 1. The zero-order valence-corrected chi connectivity index (χ0v) is 16.1. The van der Waals surface area contributed by atoms with Gasteiger partial charge < -0.3 is 15.3 Å². The van der Waals surface area contributed by atoms with E-state index in [4.69, 9.17) is 0 Å². The summed E-state index contributed by atoms with van der Waals surface area (Å²) < 4.78 is 24.8. The largest absolute Gasteiger partial charge is 0.387 e. The first-order valence-electron chi connectivity index (χ1n) is 8.88. The van der Waals surface area contributed by atoms with Crippen LogP contribution < -0.4 is 5.32 Å². The van der Waals surface area contributed by atoms with E-state index in [9.17, 15) is 13.5 Å². The lowest BCUT2D eigenvalue weighted by Crippen LogP contribution is -2.61. The third kappa shape index (κ3) is 3.55. The summed E-state index contributed by atoms with van der Waals surface area (Å²) in [4.78, 5) is 6.43. The van der Waals surface area contributed by atoms with Crippen LogP contribution in [0.2, 0.25) is 0 Å². The summed E-state index contributed by atoms with van der Waals surface area (Å²) in [6, 6.07) is 0. The molecule has 2 heterocycles. The first-order valence-corrected chi connectivity index (χ1v) is 11.7. The Labute approximate surface area is 149 Å². The fourth-order valence-electron chi connectivity index (χ4n) is 4.13. The molecule has 2 aliphatic heterocycles. The van der Waals surface area contributed by atoms with Gasteiger partial charge in [-0.05, 0) is 25.0 Å². The minimum absolute atomic E-state index is 0.202. The van der Waals surface area contributed by atoms with Crippen LogP contribution in [0.5, 0.6) is 0 Å². The van der Waals surface area contributed by atoms with Crippen LogP contribution in [0.4, 0.5) is 0 Å². The lowest BCUT2D eigenvalue weighted by molar-refractivity contribution is 0.0715. The Bertz CT molecular complexity index is 579. The first-order chi connectivity index (χ1) is 11.4. The summed E-state index contributed by atoms with van der Waals surface area (Å²) in [6.07, 6.45) is 5.45. The molecule has 0 aromatic carbocycles. The molecule has 1 aliphatic carbocycles. The van der Waals surface area contributed by atoms with Gasteiger partial charge in [-0.2, -0.15) is 11.8 Å². The quantitative estimate of drug-likeness (QED) is 0.550. The van der Waals surface area contributed by atoms with Gasteiger partial charge in [0.05, 0.1) is 16.1 Å². The Hall–Kier alpha value is -0.470. The van der Waals surface area contributed by atoms with Crippen LogP contribution >= 0.6 is 11.8 Å². The maximum atomic E-state index is 12.7. The van der Waals surface area contributed by atoms with Crippen molar-refractivity contribution in [1.29, 1.82) is 0 Å². The average Bonchev–Trinajstić information content (AvgIpc) is 2.99. The first kappa shape index (κ1) is 18.3. The predicted octanol–water partition coefficient (Wildman–Crippen LogP) is 0.863. The summed E-state index contributed by atoms with van der Waals surface area (Å²) in [5.41, 5.74) is -0.676. The third-order valence-electron chi connectivity index (χ3n) is 5.70. The highest BCUT2D eigenvalue weighted by atomic mass is 32.2. The number of nitrogens with one attached hydrogen (secondary N) is 1. The van der Waals surface area contributed by atoms with Crippen molar-refractivity contribution in [2.75, 3.05) is 43.9 Å². The summed E-state index contributed by atoms with van der Waals surface area (Å²) in [6.45, 7) is 1.49. The maximum absolute atomic E-state index is 12.7. The lowest BCUT2D eigenvalue weighted by Gasteiger charge is -2.45. The average molecular weight is 376 g/mol. The third-order valence-corrected chi connectivity index (χ3v) is 9.51. The molecule has 3 fully saturated rings. The number of hydrogen-bond donors (Lipinski definition) is 2. The van der Waals surface area contributed by atoms with E-state index >= 15 is 0 Å². The van der Waals surface area contributed by atoms with Gasteiger partial charge in [0.1, 0.15) is 0 Å². The molecule has 0 bridgehead atoms. The van der Waals surface area contributed by atoms with Gasteiger partial charge in [-0.3, -0.25) is 4.99 Å². The van der Waals surface area contributed by atoms with E-state index < -0.39 is 20.2 Å². The van der Waals surface area contributed by atoms with E-state index in [1.165, 1.54) is 0 Å². The molecule has 1 atom stereocenters. The Morgan fingerprint density at radius 1 is 1.29 bits per heavy atom. The molecular formula is C16H29N3O3S2. The van der Waals surface area contributed by atoms with E-state index in [1.807, 2.05) is 0 Å². The van der Waals surface area contributed by atoms with E-state index in [1.54, 1.807) is 18.8 Å². The van der Waals surface area contributed by atoms with Crippen molar-refractivity contribution in [1.82, 2.24) is 10.2 Å². The van der Waals surface area contributed by atoms with Crippen LogP contribution in [0.3, 0.4) is 0 Å². The lowest BCUT2D eigenvalue weighted by atomic mass is 9.87. The van der Waals surface area contributed by atoms with E-state index in [0.29, 0.717) is 19.6 Å². The maximum Gasteiger partial charge on any atom is 0.193 e. The van der Waals surface area contributed by atoms with Crippen LogP contribution in [0.1, 0.15) is 38.5 Å². The molecule has 2 saturated heterocycles. The summed E-state index contributed by atoms with van der Waals surface area (Å²) in [5.74, 6) is 2.66. The molecule has 3 rings (SSSR count). The molecule has 1 saturated carbocycles. The fourth-order valence-corrected chi connectivity index (χ4v) is 7.58. The minimum atomic E-state index is -3.04. The van der Waals surface area contributed by atoms with Gasteiger partial charge in [0.15, 0.2) is 15.8 Å². The topological polar surface area (TPSA) is 82.0 Å². The molecule has 8 heteroatoms. The summed E-state index contributed by atoms with van der Waals surface area (Å²) >= 11 is 1.77. The highest BCUT2D eigenvalue weighted by Crippen LogP contribution is 2.38. The molecule has 0 radical (unpaired) electrons. The van der Waals surface area contributed by atoms with E-state index in [-0.39, 0.29) is 5.75 Å². The predicted molar refractivity (Wildman–Crippen MR) is 99.4 cm³/mol. The molecule has 2 N–H and O–H groups in total. The standard InChI is InChI=1S/C16H29N3O3S2/c1-17-14(18-11-15(20)7-9-23-13-15)19-8-10-24(21,22)16(12-19)5-3-2-4-6-16/h20H,2-13H2,1H3,(H,17,18). The Balaban J connectivity index is 1.69. The monoisotopic (exact) mass is 375 g/mol. The number of guanidine groups is 1. The van der Waals surface area contributed by atoms with Gasteiger partial charge in [0, 0.05) is 32.4 Å². The molecular weight excluding hydrogens is 346 g/mol. The number of hydrogen-bond acceptors (Lipinski definition) is 5. The van der Waals surface area contributed by atoms with Crippen molar-refractivity contribution in [3.05, 3.63) is 0 Å². The van der Waals surface area contributed by atoms with Crippen molar-refractivity contribution in [3.63, 3.8) is 0 Å². The number of nitrogens with zero attached hydrogens (tertiary/aromatic N) is 2. The number of aliphatic imine (C=N–C) groups is 1. The van der Waals surface area contributed by atoms with Crippen molar-refractivity contribution >= 4 is 27.6 Å². The SMILES string of the molecule is CN=C(NCC1(O)CCSC1)N1CCS(=O)(=O)C2(CCCCC2)C1. The van der Waals surface area contributed by atoms with Crippen LogP contribution in [0, 0.1) is 0 Å². The molecule has 3 aliphatic rings. The van der Waals surface area contributed by atoms with Gasteiger partial charge in [0.25, 0.3) is 0 Å². The number of sulfone groups is 1. The second kappa shape index (κ2) is 7.03. The molecule has 0 aromatic rings. The Kier molecular flexibility index (Phi) is 5.37. The van der Waals surface area contributed by atoms with Gasteiger partial charge in [0.2, 0.25) is 0 Å². The van der Waals surface area contributed by atoms with Crippen molar-refractivity contribution in [3.8, 4) is 0 Å². The molecule has 24 heavy (non-hydrogen) atoms. The second-order valence-electron chi connectivity index (χ2n) is 7.41. The second-order valence-corrected chi connectivity index (χ2v) is 11.0. The molecule has 138 valence electrons. The zero-order chi connectivity index (χ0) is 17.3. The fraction of sp³-hybridized carbons (Fsp3) is 0.938. The van der Waals surface area contributed by atoms with Crippen LogP contribution in [0.15, 0.2) is 4.99 Å². The van der Waals surface area contributed by atoms with Crippen molar-refractivity contribution in [2.24, 2.45) is 4.99 Å². The summed E-state index contributed by atoms with van der Waals surface area (Å²) in [5, 5.41) is 13.8. The van der Waals surface area contributed by atoms with E-state index in [0.717, 1.165) is 56.0 Å². The highest BCUT2D eigenvalue weighted by Gasteiger charge is 2.48. The normalized spacial score (nSPS) is 32.9. The molecule has 1 unspecified atom stereocenters. The molecule has 0 aromatic heterocycles. The van der Waals surface area contributed by atoms with E-state index in [2.05, 4.69) is 15.2 Å². The van der Waals surface area contributed by atoms with Crippen LogP contribution in [-0.4, -0.2) is 78.7 Å². The smallest absolute Gasteiger partial charge is 0.193 e. The molecule has 0 amide bonds. The molecule has 1 spiro atoms. The van der Waals surface area contributed by atoms with Crippen LogP contribution in [-0.2, 0) is 9.84 Å². The molecule has 6 nitrogen and oxygen atoms in total. The highest BCUT2D eigenvalue weighted by molar-refractivity contribution is 7.99. The van der Waals surface area contributed by atoms with Crippen molar-refractivity contribution in [2.45, 2.75) is 48.9 Å². The Morgan fingerprint density at radius 2 is 2.04 bits per heavy atom. The number of rotatable bonds is 2. The van der Waals surface area contributed by atoms with Gasteiger partial charge in [-0.25, -0.2) is 8.42 Å². The van der Waals surface area contributed by atoms with Gasteiger partial charge >= 0.3 is 0 Å². The van der Waals surface area contributed by atoms with Crippen LogP contribution in [0.25, 0.3) is 0 Å². The number of aliphatic hydroxyl groups is 1. The van der Waals surface area contributed by atoms with Gasteiger partial charge in [-0.1, -0.05) is 19.3 Å². The minimum Gasteiger partial charge on any atom is -0.387 e. The zero-order valence-electron chi connectivity index (χ0n) is 14.5. The summed E-state index contributed by atoms with van der Waals surface area (Å²) in [7, 11) is -1.31. The van der Waals surface area contributed by atoms with Gasteiger partial charge in [-0.15, -0.1) is 0 Å².